The van der Waals surface area contributed by atoms with Gasteiger partial charge in [-0.05, 0) is 36.8 Å². The van der Waals surface area contributed by atoms with Crippen LogP contribution >= 0.6 is 0 Å². The van der Waals surface area contributed by atoms with E-state index in [9.17, 15) is 10.1 Å². The molecular formula is C14H17N7O2. The van der Waals surface area contributed by atoms with Gasteiger partial charge in [-0.2, -0.15) is 5.10 Å². The highest BCUT2D eigenvalue weighted by molar-refractivity contribution is 5.48. The van der Waals surface area contributed by atoms with Gasteiger partial charge in [0.1, 0.15) is 6.20 Å². The molecule has 0 amide bonds. The molecule has 0 aliphatic heterocycles. The highest BCUT2D eigenvalue weighted by atomic mass is 16.6. The van der Waals surface area contributed by atoms with E-state index in [0.717, 1.165) is 17.8 Å². The zero-order valence-electron chi connectivity index (χ0n) is 13.1. The van der Waals surface area contributed by atoms with Gasteiger partial charge in [-0.1, -0.05) is 9.61 Å². The van der Waals surface area contributed by atoms with Crippen molar-refractivity contribution in [3.63, 3.8) is 0 Å². The number of nitrogens with one attached hydrogen (secondary N) is 1. The van der Waals surface area contributed by atoms with Crippen molar-refractivity contribution in [1.82, 2.24) is 24.4 Å². The number of fused-ring (bicyclic) bond motifs is 1. The third kappa shape index (κ3) is 2.72. The molecule has 3 heterocycles. The molecule has 0 bridgehead atoms. The second-order valence-electron chi connectivity index (χ2n) is 5.31. The van der Waals surface area contributed by atoms with Crippen LogP contribution in [0.3, 0.4) is 0 Å². The summed E-state index contributed by atoms with van der Waals surface area (Å²) in [7, 11) is 1.92. The van der Waals surface area contributed by atoms with Crippen molar-refractivity contribution in [3.8, 4) is 0 Å². The first kappa shape index (κ1) is 14.9. The van der Waals surface area contributed by atoms with Crippen molar-refractivity contribution in [1.29, 1.82) is 0 Å². The van der Waals surface area contributed by atoms with Gasteiger partial charge in [-0.25, -0.2) is 4.98 Å². The van der Waals surface area contributed by atoms with Crippen LogP contribution in [-0.4, -0.2) is 35.8 Å². The Morgan fingerprint density at radius 1 is 1.30 bits per heavy atom. The van der Waals surface area contributed by atoms with Crippen LogP contribution in [0.15, 0.2) is 18.3 Å². The van der Waals surface area contributed by atoms with E-state index in [1.807, 2.05) is 25.6 Å². The van der Waals surface area contributed by atoms with Crippen molar-refractivity contribution in [2.24, 2.45) is 7.05 Å². The maximum atomic E-state index is 10.9. The third-order valence-electron chi connectivity index (χ3n) is 3.87. The molecule has 0 aliphatic rings. The number of hydrogen-bond donors (Lipinski definition) is 1. The van der Waals surface area contributed by atoms with Crippen LogP contribution in [0.2, 0.25) is 0 Å². The van der Waals surface area contributed by atoms with Crippen LogP contribution in [-0.2, 0) is 13.5 Å². The van der Waals surface area contributed by atoms with E-state index in [1.54, 1.807) is 12.1 Å². The minimum Gasteiger partial charge on any atom is -0.367 e. The molecule has 9 heteroatoms. The molecule has 1 N–H and O–H groups in total. The number of aromatic nitrogens is 5. The van der Waals surface area contributed by atoms with E-state index in [4.69, 9.17) is 0 Å². The summed E-state index contributed by atoms with van der Waals surface area (Å²) in [6.07, 6.45) is 2.01. The summed E-state index contributed by atoms with van der Waals surface area (Å²) in [5.74, 6) is 0.417. The number of imidazole rings is 1. The summed E-state index contributed by atoms with van der Waals surface area (Å²) in [5, 5.41) is 22.7. The Morgan fingerprint density at radius 2 is 2.09 bits per heavy atom. The quantitative estimate of drug-likeness (QED) is 0.567. The Morgan fingerprint density at radius 3 is 2.74 bits per heavy atom. The number of anilines is 1. The smallest absolute Gasteiger partial charge is 0.367 e. The summed E-state index contributed by atoms with van der Waals surface area (Å²) in [6, 6.07) is 3.46. The summed E-state index contributed by atoms with van der Waals surface area (Å²) in [4.78, 5) is 14.4. The first-order valence-corrected chi connectivity index (χ1v) is 7.19. The summed E-state index contributed by atoms with van der Waals surface area (Å²) < 4.78 is 3.09. The molecule has 3 aromatic rings. The van der Waals surface area contributed by atoms with Crippen LogP contribution in [0.25, 0.3) is 5.65 Å². The van der Waals surface area contributed by atoms with Gasteiger partial charge in [-0.15, -0.1) is 0 Å². The van der Waals surface area contributed by atoms with Gasteiger partial charge in [0.05, 0.1) is 5.69 Å². The molecule has 3 aromatic heterocycles. The Kier molecular flexibility index (Phi) is 3.68. The van der Waals surface area contributed by atoms with Crippen molar-refractivity contribution in [3.05, 3.63) is 45.4 Å². The van der Waals surface area contributed by atoms with Gasteiger partial charge in [0.15, 0.2) is 5.82 Å². The molecule has 0 atom stereocenters. The molecular weight excluding hydrogens is 298 g/mol. The van der Waals surface area contributed by atoms with Gasteiger partial charge >= 0.3 is 5.82 Å². The number of hydrogen-bond acceptors (Lipinski definition) is 6. The van der Waals surface area contributed by atoms with Crippen molar-refractivity contribution < 1.29 is 4.92 Å². The molecule has 3 rings (SSSR count). The predicted octanol–water partition coefficient (Wildman–Crippen LogP) is 1.64. The standard InChI is InChI=1S/C14H17N7O2/c1-9-11(10(2)19(3)17-9)6-7-15-12-4-5-13-16-8-14(21(22)23)20(13)18-12/h4-5,8H,6-7H2,1-3H3,(H,15,18). The number of aryl methyl sites for hydroxylation is 2. The zero-order chi connectivity index (χ0) is 16.6. The fraction of sp³-hybridized carbons (Fsp3) is 0.357. The minimum absolute atomic E-state index is 0.150. The van der Waals surface area contributed by atoms with Gasteiger partial charge in [0.2, 0.25) is 5.65 Å². The maximum Gasteiger partial charge on any atom is 0.368 e. The van der Waals surface area contributed by atoms with Gasteiger partial charge < -0.3 is 15.4 Å². The van der Waals surface area contributed by atoms with Crippen molar-refractivity contribution in [2.45, 2.75) is 20.3 Å². The first-order chi connectivity index (χ1) is 11.0. The fourth-order valence-corrected chi connectivity index (χ4v) is 2.57. The Hall–Kier alpha value is -2.97. The number of nitro groups is 1. The van der Waals surface area contributed by atoms with E-state index in [2.05, 4.69) is 20.5 Å². The summed E-state index contributed by atoms with van der Waals surface area (Å²) >= 11 is 0. The highest BCUT2D eigenvalue weighted by Gasteiger charge is 2.16. The Balaban J connectivity index is 1.74. The molecule has 0 spiro atoms. The lowest BCUT2D eigenvalue weighted by Crippen LogP contribution is -2.09. The van der Waals surface area contributed by atoms with Crippen LogP contribution < -0.4 is 5.32 Å². The SMILES string of the molecule is Cc1nn(C)c(C)c1CCNc1ccc2ncc([N+](=O)[O-])n2n1. The van der Waals surface area contributed by atoms with Crippen molar-refractivity contribution in [2.75, 3.05) is 11.9 Å². The van der Waals surface area contributed by atoms with Gasteiger partial charge in [0.25, 0.3) is 0 Å². The third-order valence-corrected chi connectivity index (χ3v) is 3.87. The summed E-state index contributed by atoms with van der Waals surface area (Å²) in [6.45, 7) is 4.68. The molecule has 0 aromatic carbocycles. The van der Waals surface area contributed by atoms with Gasteiger partial charge in [0, 0.05) is 25.4 Å². The monoisotopic (exact) mass is 315 g/mol. The average molecular weight is 315 g/mol. The lowest BCUT2D eigenvalue weighted by atomic mass is 10.1. The van der Waals surface area contributed by atoms with Crippen LogP contribution in [0.4, 0.5) is 11.6 Å². The summed E-state index contributed by atoms with van der Waals surface area (Å²) in [5.41, 5.74) is 3.80. The normalized spacial score (nSPS) is 11.1. The topological polar surface area (TPSA) is 103 Å². The molecule has 0 unspecified atom stereocenters. The molecule has 23 heavy (non-hydrogen) atoms. The lowest BCUT2D eigenvalue weighted by molar-refractivity contribution is -0.391. The van der Waals surface area contributed by atoms with E-state index in [1.165, 1.54) is 16.3 Å². The zero-order valence-corrected chi connectivity index (χ0v) is 13.1. The van der Waals surface area contributed by atoms with E-state index in [-0.39, 0.29) is 5.82 Å². The second kappa shape index (κ2) is 5.67. The minimum atomic E-state index is -0.501. The van der Waals surface area contributed by atoms with E-state index in [0.29, 0.717) is 18.0 Å². The lowest BCUT2D eigenvalue weighted by Gasteiger charge is -2.05. The molecule has 0 aliphatic carbocycles. The van der Waals surface area contributed by atoms with Crippen molar-refractivity contribution >= 4 is 17.3 Å². The molecule has 0 fully saturated rings. The van der Waals surface area contributed by atoms with Crippen LogP contribution in [0.5, 0.6) is 0 Å². The highest BCUT2D eigenvalue weighted by Crippen LogP contribution is 2.16. The van der Waals surface area contributed by atoms with Crippen LogP contribution in [0.1, 0.15) is 17.0 Å². The molecule has 120 valence electrons. The average Bonchev–Trinajstić information content (AvgIpc) is 3.03. The first-order valence-electron chi connectivity index (χ1n) is 7.19. The molecule has 9 nitrogen and oxygen atoms in total. The van der Waals surface area contributed by atoms with Crippen LogP contribution in [0, 0.1) is 24.0 Å². The molecule has 0 radical (unpaired) electrons. The van der Waals surface area contributed by atoms with E-state index >= 15 is 0 Å². The largest absolute Gasteiger partial charge is 0.368 e. The second-order valence-corrected chi connectivity index (χ2v) is 5.31. The number of rotatable bonds is 5. The van der Waals surface area contributed by atoms with Gasteiger partial charge in [-0.3, -0.25) is 4.68 Å². The maximum absolute atomic E-state index is 10.9. The fourth-order valence-electron chi connectivity index (χ4n) is 2.57. The number of nitrogens with zero attached hydrogens (tertiary/aromatic N) is 6. The molecule has 0 saturated carbocycles. The molecule has 0 saturated heterocycles. The Bertz CT molecular complexity index is 881. The van der Waals surface area contributed by atoms with E-state index < -0.39 is 4.92 Å². The predicted molar refractivity (Wildman–Crippen MR) is 84.5 cm³/mol. The Labute approximate surface area is 132 Å².